The lowest BCUT2D eigenvalue weighted by Crippen LogP contribution is -2.22. The van der Waals surface area contributed by atoms with Crippen LogP contribution >= 0.6 is 11.3 Å². The lowest BCUT2D eigenvalue weighted by Gasteiger charge is -2.11. The standard InChI is InChI=1S/C17H18N2O6S2/c18-15(21)14-10-3-1-2-4-12(10)26-16(14)19-13(20)8-27(24)7-9-5-6-11(25-9)17(22)23/h5-6H,1-4,7-8H2,(H2,18,21)(H,19,20)(H,22,23). The van der Waals surface area contributed by atoms with Crippen LogP contribution in [0, 0.1) is 0 Å². The number of hydrogen-bond acceptors (Lipinski definition) is 6. The summed E-state index contributed by atoms with van der Waals surface area (Å²) < 4.78 is 17.2. The molecule has 2 heterocycles. The van der Waals surface area contributed by atoms with Crippen molar-refractivity contribution in [1.29, 1.82) is 0 Å². The molecule has 2 aromatic rings. The summed E-state index contributed by atoms with van der Waals surface area (Å²) in [7, 11) is -1.59. The number of amides is 2. The maximum atomic E-state index is 12.2. The van der Waals surface area contributed by atoms with Gasteiger partial charge in [-0.1, -0.05) is 0 Å². The second kappa shape index (κ2) is 8.05. The molecule has 2 amide bonds. The van der Waals surface area contributed by atoms with Gasteiger partial charge in [-0.25, -0.2) is 4.79 Å². The second-order valence-electron chi connectivity index (χ2n) is 6.13. The smallest absolute Gasteiger partial charge is 0.371 e. The van der Waals surface area contributed by atoms with Crippen molar-refractivity contribution >= 4 is 44.9 Å². The van der Waals surface area contributed by atoms with Crippen molar-refractivity contribution < 1.29 is 28.1 Å². The maximum Gasteiger partial charge on any atom is 0.371 e. The van der Waals surface area contributed by atoms with Crippen LogP contribution < -0.4 is 11.1 Å². The topological polar surface area (TPSA) is 140 Å². The van der Waals surface area contributed by atoms with Crippen molar-refractivity contribution in [3.05, 3.63) is 39.7 Å². The Morgan fingerprint density at radius 2 is 2.00 bits per heavy atom. The van der Waals surface area contributed by atoms with E-state index in [1.807, 2.05) is 0 Å². The average Bonchev–Trinajstić information content (AvgIpc) is 3.18. The average molecular weight is 410 g/mol. The van der Waals surface area contributed by atoms with Crippen LogP contribution in [0.5, 0.6) is 0 Å². The number of hydrogen-bond donors (Lipinski definition) is 3. The molecule has 4 N–H and O–H groups in total. The largest absolute Gasteiger partial charge is 0.475 e. The van der Waals surface area contributed by atoms with Gasteiger partial charge in [-0.15, -0.1) is 11.3 Å². The van der Waals surface area contributed by atoms with Crippen LogP contribution in [0.4, 0.5) is 5.00 Å². The minimum absolute atomic E-state index is 0.0791. The molecule has 0 aromatic carbocycles. The number of aromatic carboxylic acids is 1. The second-order valence-corrected chi connectivity index (χ2v) is 8.69. The van der Waals surface area contributed by atoms with Gasteiger partial charge < -0.3 is 20.6 Å². The number of primary amides is 1. The van der Waals surface area contributed by atoms with Crippen LogP contribution in [0.1, 0.15) is 50.0 Å². The highest BCUT2D eigenvalue weighted by Gasteiger charge is 2.25. The third kappa shape index (κ3) is 4.45. The molecule has 1 aliphatic carbocycles. The van der Waals surface area contributed by atoms with E-state index in [9.17, 15) is 18.6 Å². The van der Waals surface area contributed by atoms with Crippen molar-refractivity contribution in [2.24, 2.45) is 5.73 Å². The molecule has 0 bridgehead atoms. The van der Waals surface area contributed by atoms with Crippen LogP contribution in [-0.4, -0.2) is 32.9 Å². The highest BCUT2D eigenvalue weighted by atomic mass is 32.2. The molecule has 8 nitrogen and oxygen atoms in total. The number of anilines is 1. The monoisotopic (exact) mass is 410 g/mol. The fourth-order valence-corrected chi connectivity index (χ4v) is 5.25. The highest BCUT2D eigenvalue weighted by Crippen LogP contribution is 2.37. The van der Waals surface area contributed by atoms with Crippen molar-refractivity contribution in [1.82, 2.24) is 0 Å². The summed E-state index contributed by atoms with van der Waals surface area (Å²) in [6, 6.07) is 2.68. The first-order valence-corrected chi connectivity index (χ1v) is 10.6. The predicted molar refractivity (Wildman–Crippen MR) is 100 cm³/mol. The predicted octanol–water partition coefficient (Wildman–Crippen LogP) is 1.90. The van der Waals surface area contributed by atoms with Gasteiger partial charge in [0.15, 0.2) is 0 Å². The minimum Gasteiger partial charge on any atom is -0.475 e. The van der Waals surface area contributed by atoms with Gasteiger partial charge in [0.1, 0.15) is 16.5 Å². The van der Waals surface area contributed by atoms with Gasteiger partial charge in [0, 0.05) is 15.7 Å². The number of carbonyl (C=O) groups excluding carboxylic acids is 2. The first-order valence-electron chi connectivity index (χ1n) is 8.26. The molecule has 10 heteroatoms. The maximum absolute atomic E-state index is 12.2. The molecule has 0 radical (unpaired) electrons. The summed E-state index contributed by atoms with van der Waals surface area (Å²) in [6.07, 6.45) is 3.62. The molecular formula is C17H18N2O6S2. The Balaban J connectivity index is 1.65. The van der Waals surface area contributed by atoms with Crippen LogP contribution in [0.3, 0.4) is 0 Å². The third-order valence-electron chi connectivity index (χ3n) is 4.14. The van der Waals surface area contributed by atoms with E-state index in [2.05, 4.69) is 5.32 Å². The molecule has 144 valence electrons. The first kappa shape index (κ1) is 19.3. The van der Waals surface area contributed by atoms with E-state index in [-0.39, 0.29) is 23.0 Å². The normalized spacial score (nSPS) is 14.4. The number of nitrogens with one attached hydrogen (secondary N) is 1. The molecule has 2 aromatic heterocycles. The zero-order valence-corrected chi connectivity index (χ0v) is 15.9. The van der Waals surface area contributed by atoms with Crippen LogP contribution in [-0.2, 0) is 34.2 Å². The molecule has 0 saturated heterocycles. The molecule has 0 saturated carbocycles. The quantitative estimate of drug-likeness (QED) is 0.637. The fraction of sp³-hybridized carbons (Fsp3) is 0.353. The molecule has 3 rings (SSSR count). The number of carboxylic acids is 1. The van der Waals surface area contributed by atoms with Crippen LogP contribution in [0.25, 0.3) is 0 Å². The van der Waals surface area contributed by atoms with Gasteiger partial charge in [-0.2, -0.15) is 0 Å². The SMILES string of the molecule is NC(=O)c1c(NC(=O)CS(=O)Cc2ccc(C(=O)O)o2)sc2c1CCCC2. The Kier molecular flexibility index (Phi) is 5.76. The molecule has 1 atom stereocenters. The summed E-state index contributed by atoms with van der Waals surface area (Å²) in [4.78, 5) is 35.9. The van der Waals surface area contributed by atoms with Gasteiger partial charge in [-0.05, 0) is 43.4 Å². The van der Waals surface area contributed by atoms with Crippen molar-refractivity contribution in [2.75, 3.05) is 11.1 Å². The summed E-state index contributed by atoms with van der Waals surface area (Å²) in [5.74, 6) is -2.70. The van der Waals surface area contributed by atoms with E-state index in [1.54, 1.807) is 0 Å². The number of carbonyl (C=O) groups is 3. The lowest BCUT2D eigenvalue weighted by atomic mass is 9.95. The summed E-state index contributed by atoms with van der Waals surface area (Å²) in [6.45, 7) is 0. The van der Waals surface area contributed by atoms with Crippen LogP contribution in [0.2, 0.25) is 0 Å². The van der Waals surface area contributed by atoms with E-state index < -0.39 is 28.6 Å². The lowest BCUT2D eigenvalue weighted by molar-refractivity contribution is -0.113. The zero-order chi connectivity index (χ0) is 19.6. The Hall–Kier alpha value is -2.46. The molecular weight excluding hydrogens is 392 g/mol. The molecule has 1 aliphatic rings. The van der Waals surface area contributed by atoms with Gasteiger partial charge in [0.05, 0.1) is 11.3 Å². The van der Waals surface area contributed by atoms with E-state index in [1.165, 1.54) is 23.5 Å². The fourth-order valence-electron chi connectivity index (χ4n) is 3.00. The van der Waals surface area contributed by atoms with E-state index in [0.29, 0.717) is 10.6 Å². The van der Waals surface area contributed by atoms with Crippen LogP contribution in [0.15, 0.2) is 16.5 Å². The number of aryl methyl sites for hydroxylation is 1. The Labute approximate surface area is 161 Å². The number of fused-ring (bicyclic) bond motifs is 1. The number of furan rings is 1. The minimum atomic E-state index is -1.59. The van der Waals surface area contributed by atoms with E-state index in [0.717, 1.165) is 36.1 Å². The molecule has 0 fully saturated rings. The van der Waals surface area contributed by atoms with Gasteiger partial charge in [-0.3, -0.25) is 13.8 Å². The van der Waals surface area contributed by atoms with Crippen molar-refractivity contribution in [2.45, 2.75) is 31.4 Å². The molecule has 0 aliphatic heterocycles. The van der Waals surface area contributed by atoms with Gasteiger partial charge in [0.2, 0.25) is 11.7 Å². The summed E-state index contributed by atoms with van der Waals surface area (Å²) >= 11 is 1.34. The van der Waals surface area contributed by atoms with Crippen molar-refractivity contribution in [3.63, 3.8) is 0 Å². The highest BCUT2D eigenvalue weighted by molar-refractivity contribution is 7.84. The Morgan fingerprint density at radius 1 is 1.26 bits per heavy atom. The number of nitrogens with two attached hydrogens (primary N) is 1. The zero-order valence-electron chi connectivity index (χ0n) is 14.3. The molecule has 0 spiro atoms. The number of rotatable bonds is 7. The molecule has 1 unspecified atom stereocenters. The van der Waals surface area contributed by atoms with Gasteiger partial charge >= 0.3 is 5.97 Å². The molecule has 27 heavy (non-hydrogen) atoms. The summed E-state index contributed by atoms with van der Waals surface area (Å²) in [5.41, 5.74) is 6.75. The van der Waals surface area contributed by atoms with Crippen molar-refractivity contribution in [3.8, 4) is 0 Å². The number of carboxylic acid groups (broad SMARTS) is 1. The number of thiophene rings is 1. The van der Waals surface area contributed by atoms with E-state index >= 15 is 0 Å². The van der Waals surface area contributed by atoms with Gasteiger partial charge in [0.25, 0.3) is 5.91 Å². The summed E-state index contributed by atoms with van der Waals surface area (Å²) in [5, 5.41) is 11.9. The Morgan fingerprint density at radius 3 is 2.67 bits per heavy atom. The third-order valence-corrected chi connectivity index (χ3v) is 6.54. The first-order chi connectivity index (χ1) is 12.8. The Bertz CT molecular complexity index is 930. The van der Waals surface area contributed by atoms with E-state index in [4.69, 9.17) is 15.3 Å².